The number of hydrogen-bond acceptors (Lipinski definition) is 4. The highest BCUT2D eigenvalue weighted by atomic mass is 32.1. The predicted molar refractivity (Wildman–Crippen MR) is 114 cm³/mol. The fourth-order valence-corrected chi connectivity index (χ4v) is 5.64. The first kappa shape index (κ1) is 17.6. The molecule has 2 aliphatic rings. The molecule has 3 aromatic rings. The van der Waals surface area contributed by atoms with Crippen LogP contribution in [0.3, 0.4) is 0 Å². The van der Waals surface area contributed by atoms with Gasteiger partial charge in [-0.05, 0) is 54.5 Å². The molecule has 0 bridgehead atoms. The highest BCUT2D eigenvalue weighted by Crippen LogP contribution is 2.50. The Bertz CT molecular complexity index is 1020. The van der Waals surface area contributed by atoms with Crippen molar-refractivity contribution in [2.75, 3.05) is 11.9 Å². The molecule has 4 nitrogen and oxygen atoms in total. The Hall–Kier alpha value is -2.53. The molecule has 0 radical (unpaired) electrons. The molecule has 1 aliphatic carbocycles. The predicted octanol–water partition coefficient (Wildman–Crippen LogP) is 5.44. The van der Waals surface area contributed by atoms with E-state index in [1.54, 1.807) is 23.7 Å². The third-order valence-corrected chi connectivity index (χ3v) is 7.30. The number of amides is 1. The summed E-state index contributed by atoms with van der Waals surface area (Å²) in [6.45, 7) is 0. The van der Waals surface area contributed by atoms with Crippen molar-refractivity contribution < 1.29 is 4.79 Å². The van der Waals surface area contributed by atoms with E-state index in [2.05, 4.69) is 28.6 Å². The second-order valence-electron chi connectivity index (χ2n) is 7.95. The Labute approximate surface area is 169 Å². The van der Waals surface area contributed by atoms with Gasteiger partial charge in [0.2, 0.25) is 5.91 Å². The number of thiazole rings is 1. The van der Waals surface area contributed by atoms with Crippen LogP contribution >= 0.6 is 11.3 Å². The van der Waals surface area contributed by atoms with E-state index in [1.807, 2.05) is 24.1 Å². The summed E-state index contributed by atoms with van der Waals surface area (Å²) >= 11 is 1.66. The van der Waals surface area contributed by atoms with Crippen molar-refractivity contribution in [3.8, 4) is 21.8 Å². The maximum absolute atomic E-state index is 12.5. The number of carbonyl (C=O) groups is 1. The second kappa shape index (κ2) is 6.82. The molecule has 1 saturated carbocycles. The highest BCUT2D eigenvalue weighted by Gasteiger charge is 2.41. The third-order valence-electron chi connectivity index (χ3n) is 6.41. The Morgan fingerprint density at radius 3 is 2.61 bits per heavy atom. The molecular weight excluding hydrogens is 366 g/mol. The summed E-state index contributed by atoms with van der Waals surface area (Å²) in [4.78, 5) is 23.4. The molecule has 0 unspecified atom stereocenters. The molecule has 5 heteroatoms. The molecule has 1 fully saturated rings. The normalized spacial score (nSPS) is 18.3. The lowest BCUT2D eigenvalue weighted by atomic mass is 9.74. The summed E-state index contributed by atoms with van der Waals surface area (Å²) < 4.78 is 0. The molecule has 142 valence electrons. The van der Waals surface area contributed by atoms with Gasteiger partial charge in [0.15, 0.2) is 0 Å². The molecule has 0 atom stereocenters. The summed E-state index contributed by atoms with van der Waals surface area (Å²) in [5.74, 6) is 0.228. The monoisotopic (exact) mass is 389 g/mol. The van der Waals surface area contributed by atoms with Gasteiger partial charge < -0.3 is 4.90 Å². The van der Waals surface area contributed by atoms with E-state index in [1.165, 1.54) is 31.2 Å². The van der Waals surface area contributed by atoms with Crippen LogP contribution in [0.5, 0.6) is 0 Å². The van der Waals surface area contributed by atoms with Gasteiger partial charge in [-0.2, -0.15) is 0 Å². The zero-order chi connectivity index (χ0) is 19.1. The van der Waals surface area contributed by atoms with Gasteiger partial charge in [-0.1, -0.05) is 18.9 Å². The Morgan fingerprint density at radius 2 is 1.82 bits per heavy atom. The van der Waals surface area contributed by atoms with Crippen LogP contribution < -0.4 is 4.90 Å². The molecule has 0 saturated heterocycles. The summed E-state index contributed by atoms with van der Waals surface area (Å²) in [6, 6.07) is 10.5. The lowest BCUT2D eigenvalue weighted by molar-refractivity contribution is -0.118. The third kappa shape index (κ3) is 2.85. The summed E-state index contributed by atoms with van der Waals surface area (Å²) in [7, 11) is 1.92. The van der Waals surface area contributed by atoms with Crippen molar-refractivity contribution in [1.29, 1.82) is 0 Å². The first-order chi connectivity index (χ1) is 13.7. The lowest BCUT2D eigenvalue weighted by Gasteiger charge is -2.30. The van der Waals surface area contributed by atoms with Crippen molar-refractivity contribution in [2.24, 2.45) is 0 Å². The van der Waals surface area contributed by atoms with Gasteiger partial charge in [-0.25, -0.2) is 4.98 Å². The molecule has 1 aliphatic heterocycles. The molecule has 28 heavy (non-hydrogen) atoms. The van der Waals surface area contributed by atoms with E-state index < -0.39 is 0 Å². The Kier molecular flexibility index (Phi) is 4.27. The number of rotatable bonds is 2. The zero-order valence-electron chi connectivity index (χ0n) is 16.0. The minimum atomic E-state index is 0.149. The smallest absolute Gasteiger partial charge is 0.226 e. The van der Waals surface area contributed by atoms with Crippen LogP contribution in [0.15, 0.2) is 48.1 Å². The first-order valence-electron chi connectivity index (χ1n) is 9.94. The fourth-order valence-electron chi connectivity index (χ4n) is 4.80. The van der Waals surface area contributed by atoms with E-state index in [0.29, 0.717) is 6.42 Å². The van der Waals surface area contributed by atoms with Crippen LogP contribution in [0, 0.1) is 0 Å². The van der Waals surface area contributed by atoms with Crippen LogP contribution in [0.2, 0.25) is 0 Å². The van der Waals surface area contributed by atoms with Crippen LogP contribution in [0.4, 0.5) is 5.69 Å². The number of aromatic nitrogens is 2. The maximum Gasteiger partial charge on any atom is 0.226 e. The highest BCUT2D eigenvalue weighted by molar-refractivity contribution is 7.13. The SMILES string of the molecule is CN1C(=O)CCC2(CCCC2)c2cc(-c3csc(-c4ccncc4)n3)ccc21. The minimum absolute atomic E-state index is 0.149. The number of anilines is 1. The van der Waals surface area contributed by atoms with E-state index in [-0.39, 0.29) is 11.3 Å². The summed E-state index contributed by atoms with van der Waals surface area (Å²) in [6.07, 6.45) is 10.1. The standard InChI is InChI=1S/C23H23N3OS/c1-26-20-5-4-17(19-15-28-22(25-19)16-7-12-24-13-8-16)14-18(20)23(9-2-3-10-23)11-6-21(26)27/h4-5,7-8,12-15H,2-3,6,9-11H2,1H3. The zero-order valence-corrected chi connectivity index (χ0v) is 16.8. The van der Waals surface area contributed by atoms with Crippen LogP contribution in [-0.4, -0.2) is 22.9 Å². The molecule has 0 N–H and O–H groups in total. The number of hydrogen-bond donors (Lipinski definition) is 0. The Balaban J connectivity index is 1.59. The topological polar surface area (TPSA) is 46.1 Å². The average Bonchev–Trinajstić information content (AvgIpc) is 3.40. The maximum atomic E-state index is 12.5. The van der Waals surface area contributed by atoms with E-state index in [9.17, 15) is 4.79 Å². The largest absolute Gasteiger partial charge is 0.315 e. The second-order valence-corrected chi connectivity index (χ2v) is 8.80. The van der Waals surface area contributed by atoms with Crippen molar-refractivity contribution >= 4 is 22.9 Å². The van der Waals surface area contributed by atoms with Gasteiger partial charge in [0.1, 0.15) is 5.01 Å². The van der Waals surface area contributed by atoms with Crippen molar-refractivity contribution in [3.05, 3.63) is 53.7 Å². The molecule has 5 rings (SSSR count). The van der Waals surface area contributed by atoms with Gasteiger partial charge in [0, 0.05) is 48.1 Å². The molecule has 1 spiro atoms. The number of pyridine rings is 1. The number of carbonyl (C=O) groups excluding carboxylic acids is 1. The van der Waals surface area contributed by atoms with E-state index >= 15 is 0 Å². The molecule has 2 aromatic heterocycles. The Morgan fingerprint density at radius 1 is 1.04 bits per heavy atom. The summed E-state index contributed by atoms with van der Waals surface area (Å²) in [5, 5.41) is 3.14. The average molecular weight is 390 g/mol. The quantitative estimate of drug-likeness (QED) is 0.586. The van der Waals surface area contributed by atoms with Gasteiger partial charge in [0.05, 0.1) is 5.69 Å². The molecule has 1 amide bonds. The van der Waals surface area contributed by atoms with Crippen LogP contribution in [-0.2, 0) is 10.2 Å². The van der Waals surface area contributed by atoms with Crippen LogP contribution in [0.25, 0.3) is 21.8 Å². The van der Waals surface area contributed by atoms with Gasteiger partial charge in [-0.3, -0.25) is 9.78 Å². The van der Waals surface area contributed by atoms with Gasteiger partial charge >= 0.3 is 0 Å². The number of benzene rings is 1. The lowest BCUT2D eigenvalue weighted by Crippen LogP contribution is -2.25. The van der Waals surface area contributed by atoms with Crippen molar-refractivity contribution in [3.63, 3.8) is 0 Å². The number of fused-ring (bicyclic) bond motifs is 2. The summed E-state index contributed by atoms with van der Waals surface area (Å²) in [5.41, 5.74) is 5.82. The van der Waals surface area contributed by atoms with Gasteiger partial charge in [-0.15, -0.1) is 11.3 Å². The molecule has 3 heterocycles. The fraction of sp³-hybridized carbons (Fsp3) is 0.348. The molecular formula is C23H23N3OS. The van der Waals surface area contributed by atoms with Crippen molar-refractivity contribution in [2.45, 2.75) is 43.9 Å². The molecule has 1 aromatic carbocycles. The van der Waals surface area contributed by atoms with Crippen molar-refractivity contribution in [1.82, 2.24) is 9.97 Å². The van der Waals surface area contributed by atoms with E-state index in [0.717, 1.165) is 33.9 Å². The first-order valence-corrected chi connectivity index (χ1v) is 10.8. The number of nitrogens with zero attached hydrogens (tertiary/aromatic N) is 3. The van der Waals surface area contributed by atoms with E-state index in [4.69, 9.17) is 4.98 Å². The minimum Gasteiger partial charge on any atom is -0.315 e. The van der Waals surface area contributed by atoms with Crippen LogP contribution in [0.1, 0.15) is 44.1 Å². The van der Waals surface area contributed by atoms with Gasteiger partial charge in [0.25, 0.3) is 0 Å².